The van der Waals surface area contributed by atoms with Gasteiger partial charge in [0.25, 0.3) is 0 Å². The minimum Gasteiger partial charge on any atom is -0.292 e. The lowest BCUT2D eigenvalue weighted by molar-refractivity contribution is 1.19. The summed E-state index contributed by atoms with van der Waals surface area (Å²) in [5.41, 5.74) is 17.4. The number of anilines is 1. The Kier molecular flexibility index (Phi) is 7.07. The first kappa shape index (κ1) is 30.1. The smallest absolute Gasteiger partial charge is 0.146 e. The van der Waals surface area contributed by atoms with E-state index in [-0.39, 0.29) is 0 Å². The highest BCUT2D eigenvalue weighted by Gasteiger charge is 2.40. The number of nitrogens with zero attached hydrogens (tertiary/aromatic N) is 2. The second-order valence-electron chi connectivity index (χ2n) is 13.6. The zero-order valence-corrected chi connectivity index (χ0v) is 28.8. The number of pyridine rings is 1. The summed E-state index contributed by atoms with van der Waals surface area (Å²) in [7, 11) is 0. The number of aryl methyl sites for hydroxylation is 1. The second kappa shape index (κ2) is 12.2. The van der Waals surface area contributed by atoms with Crippen molar-refractivity contribution in [3.05, 3.63) is 227 Å². The van der Waals surface area contributed by atoms with Gasteiger partial charge in [0.2, 0.25) is 0 Å². The lowest BCUT2D eigenvalue weighted by atomic mass is 9.78. The largest absolute Gasteiger partial charge is 0.292 e. The third kappa shape index (κ3) is 4.69. The van der Waals surface area contributed by atoms with E-state index in [1.54, 1.807) is 0 Å². The number of hydrogen-bond acceptors (Lipinski definition) is 2. The molecule has 8 aromatic rings. The van der Waals surface area contributed by atoms with Crippen molar-refractivity contribution in [2.45, 2.75) is 6.92 Å². The number of rotatable bonds is 5. The molecule has 7 aromatic carbocycles. The van der Waals surface area contributed by atoms with Crippen LogP contribution in [0.4, 0.5) is 5.82 Å². The molecule has 2 heteroatoms. The number of fused-ring (bicyclic) bond motifs is 4. The minimum absolute atomic E-state index is 0.944. The van der Waals surface area contributed by atoms with E-state index in [2.05, 4.69) is 200 Å². The molecule has 3 heterocycles. The predicted octanol–water partition coefficient (Wildman–Crippen LogP) is 12.5. The monoisotopic (exact) mass is 662 g/mol. The van der Waals surface area contributed by atoms with Gasteiger partial charge in [0, 0.05) is 33.2 Å². The van der Waals surface area contributed by atoms with Crippen LogP contribution in [0.1, 0.15) is 38.9 Å². The van der Waals surface area contributed by atoms with Gasteiger partial charge in [0.1, 0.15) is 5.82 Å². The third-order valence-corrected chi connectivity index (χ3v) is 10.4. The van der Waals surface area contributed by atoms with Gasteiger partial charge in [0.05, 0.1) is 17.1 Å². The summed E-state index contributed by atoms with van der Waals surface area (Å²) in [6, 6.07) is 67.8. The normalized spacial score (nSPS) is 13.3. The van der Waals surface area contributed by atoms with Crippen molar-refractivity contribution in [2.75, 3.05) is 4.90 Å². The van der Waals surface area contributed by atoms with Gasteiger partial charge in [-0.05, 0) is 51.3 Å². The molecule has 2 aliphatic heterocycles. The first-order chi connectivity index (χ1) is 25.8. The van der Waals surface area contributed by atoms with Crippen LogP contribution < -0.4 is 4.90 Å². The van der Waals surface area contributed by atoms with Crippen LogP contribution in [0.5, 0.6) is 0 Å². The van der Waals surface area contributed by atoms with Crippen LogP contribution in [0.2, 0.25) is 0 Å². The van der Waals surface area contributed by atoms with Gasteiger partial charge in [0.15, 0.2) is 0 Å². The summed E-state index contributed by atoms with van der Waals surface area (Å²) in [6.07, 6.45) is 0. The molecule has 0 spiro atoms. The van der Waals surface area contributed by atoms with Crippen LogP contribution in [0.15, 0.2) is 188 Å². The summed E-state index contributed by atoms with van der Waals surface area (Å²) >= 11 is 0. The van der Waals surface area contributed by atoms with Gasteiger partial charge in [-0.25, -0.2) is 4.98 Å². The Bertz CT molecular complexity index is 2690. The van der Waals surface area contributed by atoms with Crippen molar-refractivity contribution < 1.29 is 0 Å². The van der Waals surface area contributed by atoms with Gasteiger partial charge in [-0.3, -0.25) is 4.90 Å². The van der Waals surface area contributed by atoms with E-state index in [1.165, 1.54) is 49.9 Å². The molecule has 0 radical (unpaired) electrons. The van der Waals surface area contributed by atoms with E-state index in [1.807, 2.05) is 0 Å². The lowest BCUT2D eigenvalue weighted by Gasteiger charge is -2.42. The fourth-order valence-electron chi connectivity index (χ4n) is 8.26. The van der Waals surface area contributed by atoms with Crippen LogP contribution >= 0.6 is 0 Å². The third-order valence-electron chi connectivity index (χ3n) is 10.4. The number of hydrogen-bond donors (Lipinski definition) is 0. The minimum atomic E-state index is 0.944. The molecule has 0 amide bonds. The summed E-state index contributed by atoms with van der Waals surface area (Å²) in [5.74, 6) is 0.944. The van der Waals surface area contributed by atoms with Gasteiger partial charge in [-0.2, -0.15) is 0 Å². The van der Waals surface area contributed by atoms with E-state index in [0.29, 0.717) is 0 Å². The molecule has 0 atom stereocenters. The molecule has 10 rings (SSSR count). The average molecular weight is 663 g/mol. The summed E-state index contributed by atoms with van der Waals surface area (Å²) in [5, 5.41) is 2.36. The maximum absolute atomic E-state index is 5.85. The molecule has 52 heavy (non-hydrogen) atoms. The first-order valence-electron chi connectivity index (χ1n) is 17.9. The van der Waals surface area contributed by atoms with Crippen LogP contribution in [0.25, 0.3) is 55.7 Å². The Labute approximate surface area is 304 Å². The number of benzene rings is 7. The van der Waals surface area contributed by atoms with Crippen LogP contribution in [-0.2, 0) is 0 Å². The van der Waals surface area contributed by atoms with Crippen LogP contribution in [-0.4, -0.2) is 4.98 Å². The van der Waals surface area contributed by atoms with E-state index < -0.39 is 0 Å². The first-order valence-corrected chi connectivity index (χ1v) is 17.9. The summed E-state index contributed by atoms with van der Waals surface area (Å²) in [6.45, 7) is 2.23. The Morgan fingerprint density at radius 1 is 0.404 bits per heavy atom. The molecule has 0 bridgehead atoms. The Hall–Kier alpha value is -6.77. The van der Waals surface area contributed by atoms with Crippen molar-refractivity contribution in [3.63, 3.8) is 0 Å². The molecular weight excluding hydrogens is 629 g/mol. The standard InChI is InChI=1S/C50H34N2/c1-33-31-41-43(34-19-7-2-8-20-34)47(37-25-13-5-14-26-37)51-50-46(41)42(32-33)45(36-23-11-4-12-24-36)49-40-30-18-17-29-39(40)44(35-21-9-3-10-22-35)48(52(49)50)38-27-15-6-16-28-38/h2-32H,1H3. The molecule has 0 N–H and O–H groups in total. The maximum Gasteiger partial charge on any atom is 0.146 e. The number of aromatic nitrogens is 1. The molecule has 1 aromatic heterocycles. The van der Waals surface area contributed by atoms with Crippen molar-refractivity contribution in [1.82, 2.24) is 4.98 Å². The highest BCUT2D eigenvalue weighted by atomic mass is 15.2. The molecule has 0 aliphatic carbocycles. The average Bonchev–Trinajstić information content (AvgIpc) is 3.21. The Morgan fingerprint density at radius 3 is 1.44 bits per heavy atom. The zero-order valence-electron chi connectivity index (χ0n) is 28.8. The highest BCUT2D eigenvalue weighted by Crippen LogP contribution is 2.57. The van der Waals surface area contributed by atoms with E-state index in [9.17, 15) is 0 Å². The summed E-state index contributed by atoms with van der Waals surface area (Å²) in [4.78, 5) is 8.35. The van der Waals surface area contributed by atoms with Gasteiger partial charge in [-0.1, -0.05) is 188 Å². The molecule has 0 unspecified atom stereocenters. The summed E-state index contributed by atoms with van der Waals surface area (Å²) < 4.78 is 0. The lowest BCUT2D eigenvalue weighted by Crippen LogP contribution is -2.30. The molecular formula is C50H34N2. The van der Waals surface area contributed by atoms with Crippen LogP contribution in [0.3, 0.4) is 0 Å². The predicted molar refractivity (Wildman–Crippen MR) is 217 cm³/mol. The Morgan fingerprint density at radius 2 is 0.865 bits per heavy atom. The van der Waals surface area contributed by atoms with Crippen molar-refractivity contribution in [1.29, 1.82) is 0 Å². The molecule has 0 saturated carbocycles. The SMILES string of the molecule is Cc1cc2c3c(nc(-c4ccccc4)c(-c4ccccc4)c3c1)N1C(c3ccccc3)=C(c3ccccc3)c3ccccc3C1=C2c1ccccc1. The fourth-order valence-corrected chi connectivity index (χ4v) is 8.26. The zero-order chi connectivity index (χ0) is 34.6. The van der Waals surface area contributed by atoms with E-state index >= 15 is 0 Å². The van der Waals surface area contributed by atoms with Gasteiger partial charge in [-0.15, -0.1) is 0 Å². The van der Waals surface area contributed by atoms with Crippen LogP contribution in [0, 0.1) is 6.92 Å². The molecule has 244 valence electrons. The van der Waals surface area contributed by atoms with Crippen molar-refractivity contribution in [2.24, 2.45) is 0 Å². The molecule has 2 aliphatic rings. The van der Waals surface area contributed by atoms with Gasteiger partial charge < -0.3 is 0 Å². The molecule has 0 fully saturated rings. The second-order valence-corrected chi connectivity index (χ2v) is 13.6. The fraction of sp³-hybridized carbons (Fsp3) is 0.0200. The van der Waals surface area contributed by atoms with E-state index in [4.69, 9.17) is 4.98 Å². The van der Waals surface area contributed by atoms with Crippen molar-refractivity contribution in [3.8, 4) is 22.4 Å². The van der Waals surface area contributed by atoms with E-state index in [0.717, 1.165) is 50.5 Å². The highest BCUT2D eigenvalue weighted by molar-refractivity contribution is 6.27. The van der Waals surface area contributed by atoms with Gasteiger partial charge >= 0.3 is 0 Å². The quantitative estimate of drug-likeness (QED) is 0.182. The Balaban J connectivity index is 1.46. The molecule has 2 nitrogen and oxygen atoms in total. The topological polar surface area (TPSA) is 16.1 Å². The molecule has 0 saturated heterocycles. The van der Waals surface area contributed by atoms with Crippen molar-refractivity contribution >= 4 is 39.1 Å². The maximum atomic E-state index is 5.85.